The molecule has 0 fully saturated rings. The first-order chi connectivity index (χ1) is 13.5. The number of carbonyl (C=O) groups excluding carboxylic acids is 1. The molecule has 1 N–H and O–H groups in total. The van der Waals surface area contributed by atoms with Gasteiger partial charge in [-0.2, -0.15) is 4.98 Å². The molecule has 0 saturated carbocycles. The number of aryl methyl sites for hydroxylation is 2. The van der Waals surface area contributed by atoms with Crippen LogP contribution < -0.4 is 5.32 Å². The molecule has 4 rings (SSSR count). The number of amides is 1. The van der Waals surface area contributed by atoms with Crippen LogP contribution in [-0.4, -0.2) is 21.0 Å². The van der Waals surface area contributed by atoms with Gasteiger partial charge in [-0.1, -0.05) is 5.16 Å². The van der Waals surface area contributed by atoms with Crippen molar-refractivity contribution in [3.8, 4) is 11.4 Å². The van der Waals surface area contributed by atoms with E-state index in [4.69, 9.17) is 8.94 Å². The van der Waals surface area contributed by atoms with Crippen molar-refractivity contribution in [1.82, 2.24) is 20.4 Å². The maximum Gasteiger partial charge on any atom is 0.249 e. The third-order valence-corrected chi connectivity index (χ3v) is 4.73. The highest BCUT2D eigenvalue weighted by molar-refractivity contribution is 5.88. The molecule has 3 aromatic heterocycles. The van der Waals surface area contributed by atoms with Gasteiger partial charge in [0.2, 0.25) is 17.6 Å². The summed E-state index contributed by atoms with van der Waals surface area (Å²) < 4.78 is 10.9. The predicted molar refractivity (Wildman–Crippen MR) is 103 cm³/mol. The maximum absolute atomic E-state index is 12.5. The Morgan fingerprint density at radius 3 is 2.86 bits per heavy atom. The maximum atomic E-state index is 12.5. The smallest absolute Gasteiger partial charge is 0.249 e. The van der Waals surface area contributed by atoms with Crippen molar-refractivity contribution in [2.45, 2.75) is 33.2 Å². The number of benzene rings is 1. The van der Waals surface area contributed by atoms with Gasteiger partial charge in [0.25, 0.3) is 0 Å². The van der Waals surface area contributed by atoms with Crippen LogP contribution in [0.25, 0.3) is 22.4 Å². The zero-order valence-corrected chi connectivity index (χ0v) is 15.9. The molecule has 1 aromatic carbocycles. The number of hydrogen-bond donors (Lipinski definition) is 1. The monoisotopic (exact) mass is 376 g/mol. The van der Waals surface area contributed by atoms with Crippen molar-refractivity contribution in [3.63, 3.8) is 0 Å². The van der Waals surface area contributed by atoms with Crippen LogP contribution in [0.4, 0.5) is 0 Å². The predicted octanol–water partition coefficient (Wildman–Crippen LogP) is 3.91. The Hall–Kier alpha value is -3.48. The quantitative estimate of drug-likeness (QED) is 0.567. The van der Waals surface area contributed by atoms with E-state index in [1.165, 1.54) is 0 Å². The van der Waals surface area contributed by atoms with Crippen molar-refractivity contribution < 1.29 is 13.7 Å². The molecule has 4 aromatic rings. The number of aromatic nitrogens is 3. The van der Waals surface area contributed by atoms with Crippen LogP contribution in [0.2, 0.25) is 0 Å². The molecule has 0 spiro atoms. The Morgan fingerprint density at radius 1 is 1.25 bits per heavy atom. The van der Waals surface area contributed by atoms with Crippen molar-refractivity contribution in [2.75, 3.05) is 0 Å². The molecular weight excluding hydrogens is 356 g/mol. The minimum atomic E-state index is -0.410. The Balaban J connectivity index is 1.45. The minimum absolute atomic E-state index is 0.144. The third-order valence-electron chi connectivity index (χ3n) is 4.73. The number of rotatable bonds is 5. The summed E-state index contributed by atoms with van der Waals surface area (Å²) >= 11 is 0. The Morgan fingerprint density at radius 2 is 2.07 bits per heavy atom. The van der Waals surface area contributed by atoms with Crippen LogP contribution in [0.1, 0.15) is 35.5 Å². The highest BCUT2D eigenvalue weighted by atomic mass is 16.5. The van der Waals surface area contributed by atoms with Crippen LogP contribution in [-0.2, 0) is 11.2 Å². The highest BCUT2D eigenvalue weighted by Gasteiger charge is 2.19. The zero-order valence-electron chi connectivity index (χ0n) is 15.9. The van der Waals surface area contributed by atoms with Crippen LogP contribution in [0.3, 0.4) is 0 Å². The van der Waals surface area contributed by atoms with E-state index >= 15 is 0 Å². The van der Waals surface area contributed by atoms with E-state index in [1.807, 2.05) is 26.0 Å². The van der Waals surface area contributed by atoms with Crippen molar-refractivity contribution in [2.24, 2.45) is 0 Å². The number of furan rings is 1. The second-order valence-corrected chi connectivity index (χ2v) is 6.86. The van der Waals surface area contributed by atoms with Gasteiger partial charge in [0.05, 0.1) is 12.7 Å². The molecule has 0 radical (unpaired) electrons. The van der Waals surface area contributed by atoms with E-state index in [0.717, 1.165) is 33.2 Å². The van der Waals surface area contributed by atoms with Gasteiger partial charge in [0.1, 0.15) is 11.6 Å². The largest absolute Gasteiger partial charge is 0.464 e. The van der Waals surface area contributed by atoms with E-state index in [-0.39, 0.29) is 12.3 Å². The number of carbonyl (C=O) groups is 1. The van der Waals surface area contributed by atoms with Crippen molar-refractivity contribution in [1.29, 1.82) is 0 Å². The van der Waals surface area contributed by atoms with Crippen LogP contribution in [0.15, 0.2) is 51.9 Å². The van der Waals surface area contributed by atoms with E-state index in [1.54, 1.807) is 31.6 Å². The van der Waals surface area contributed by atoms with Gasteiger partial charge in [-0.05, 0) is 56.2 Å². The Bertz CT molecular complexity index is 1130. The molecule has 28 heavy (non-hydrogen) atoms. The zero-order chi connectivity index (χ0) is 19.7. The summed E-state index contributed by atoms with van der Waals surface area (Å²) in [6.07, 6.45) is 5.19. The van der Waals surface area contributed by atoms with Gasteiger partial charge in [-0.15, -0.1) is 0 Å². The lowest BCUT2D eigenvalue weighted by molar-refractivity contribution is -0.121. The molecule has 142 valence electrons. The normalized spacial score (nSPS) is 12.2. The Labute approximate surface area is 161 Å². The average molecular weight is 376 g/mol. The molecule has 0 saturated heterocycles. The molecule has 7 heteroatoms. The van der Waals surface area contributed by atoms with Gasteiger partial charge in [0, 0.05) is 28.9 Å². The first-order valence-corrected chi connectivity index (χ1v) is 9.02. The fourth-order valence-electron chi connectivity index (χ4n) is 3.02. The number of hydrogen-bond acceptors (Lipinski definition) is 6. The summed E-state index contributed by atoms with van der Waals surface area (Å²) in [5, 5.41) is 7.82. The molecule has 7 nitrogen and oxygen atoms in total. The van der Waals surface area contributed by atoms with E-state index < -0.39 is 6.04 Å². The molecule has 1 atom stereocenters. The molecule has 3 heterocycles. The number of nitrogens with one attached hydrogen (secondary N) is 1. The minimum Gasteiger partial charge on any atom is -0.464 e. The van der Waals surface area contributed by atoms with E-state index in [9.17, 15) is 4.79 Å². The van der Waals surface area contributed by atoms with E-state index in [0.29, 0.717) is 11.7 Å². The Kier molecular flexibility index (Phi) is 4.65. The fraction of sp³-hybridized carbons (Fsp3) is 0.238. The summed E-state index contributed by atoms with van der Waals surface area (Å²) in [7, 11) is 0. The SMILES string of the molecule is Cc1cc2occ(CC(=O)NC(C)c3nc(-c4cccnc4)no3)c2cc1C. The fourth-order valence-corrected chi connectivity index (χ4v) is 3.02. The molecular formula is C21H20N4O3. The molecule has 0 bridgehead atoms. The highest BCUT2D eigenvalue weighted by Crippen LogP contribution is 2.25. The van der Waals surface area contributed by atoms with Crippen LogP contribution in [0.5, 0.6) is 0 Å². The van der Waals surface area contributed by atoms with Crippen LogP contribution in [0, 0.1) is 13.8 Å². The standard InChI is InChI=1S/C21H20N4O3/c1-12-7-17-16(11-27-18(17)8-13(12)2)9-19(26)23-14(3)21-24-20(25-28-21)15-5-4-6-22-10-15/h4-8,10-11,14H,9H2,1-3H3,(H,23,26). The van der Waals surface area contributed by atoms with Gasteiger partial charge < -0.3 is 14.3 Å². The van der Waals surface area contributed by atoms with Crippen LogP contribution >= 0.6 is 0 Å². The topological polar surface area (TPSA) is 94.1 Å². The summed E-state index contributed by atoms with van der Waals surface area (Å²) in [6.45, 7) is 5.89. The van der Waals surface area contributed by atoms with Gasteiger partial charge in [0.15, 0.2) is 0 Å². The lowest BCUT2D eigenvalue weighted by Gasteiger charge is -2.09. The third kappa shape index (κ3) is 3.51. The lowest BCUT2D eigenvalue weighted by Crippen LogP contribution is -2.28. The average Bonchev–Trinajstić information content (AvgIpc) is 3.31. The van der Waals surface area contributed by atoms with Gasteiger partial charge in [-0.3, -0.25) is 9.78 Å². The number of pyridine rings is 1. The first-order valence-electron chi connectivity index (χ1n) is 9.02. The molecule has 1 amide bonds. The van der Waals surface area contributed by atoms with Crippen molar-refractivity contribution >= 4 is 16.9 Å². The molecule has 0 aliphatic rings. The van der Waals surface area contributed by atoms with Gasteiger partial charge in [-0.25, -0.2) is 0 Å². The number of fused-ring (bicyclic) bond motifs is 1. The summed E-state index contributed by atoms with van der Waals surface area (Å²) in [5.74, 6) is 0.640. The van der Waals surface area contributed by atoms with Crippen molar-refractivity contribution in [3.05, 3.63) is 65.5 Å². The second kappa shape index (κ2) is 7.26. The summed E-state index contributed by atoms with van der Waals surface area (Å²) in [5.41, 5.74) is 4.72. The molecule has 1 unspecified atom stereocenters. The lowest BCUT2D eigenvalue weighted by atomic mass is 10.0. The molecule has 0 aliphatic carbocycles. The second-order valence-electron chi connectivity index (χ2n) is 6.86. The summed E-state index contributed by atoms with van der Waals surface area (Å²) in [4.78, 5) is 20.9. The summed E-state index contributed by atoms with van der Waals surface area (Å²) in [6, 6.07) is 7.28. The first kappa shape index (κ1) is 17.9. The molecule has 0 aliphatic heterocycles. The van der Waals surface area contributed by atoms with E-state index in [2.05, 4.69) is 26.5 Å². The van der Waals surface area contributed by atoms with Gasteiger partial charge >= 0.3 is 0 Å². The number of nitrogens with zero attached hydrogens (tertiary/aromatic N) is 3.